The summed E-state index contributed by atoms with van der Waals surface area (Å²) in [5.41, 5.74) is 10.8. The molecule has 0 heterocycles. The molecule has 0 saturated carbocycles. The minimum Gasteiger partial charge on any atom is -0.326 e. The molecule has 0 amide bonds. The van der Waals surface area contributed by atoms with Crippen LogP contribution >= 0.6 is 0 Å². The van der Waals surface area contributed by atoms with Gasteiger partial charge in [-0.25, -0.2) is 0 Å². The third-order valence-electron chi connectivity index (χ3n) is 1.94. The topological polar surface area (TPSA) is 47.3 Å². The fraction of sp³-hybridized carbons (Fsp3) is 0.455. The van der Waals surface area contributed by atoms with Crippen LogP contribution in [0.15, 0.2) is 24.3 Å². The third-order valence-corrected chi connectivity index (χ3v) is 1.94. The smallest absolute Gasteiger partial charge is 0.0679 e. The zero-order valence-corrected chi connectivity index (χ0v) is 8.62. The van der Waals surface area contributed by atoms with Crippen LogP contribution in [-0.4, -0.2) is 6.61 Å². The minimum absolute atomic E-state index is 0.597. The molecule has 0 aliphatic carbocycles. The van der Waals surface area contributed by atoms with Crippen LogP contribution in [0.25, 0.3) is 0 Å². The van der Waals surface area contributed by atoms with Crippen molar-refractivity contribution < 1.29 is 4.84 Å². The van der Waals surface area contributed by atoms with E-state index in [0.29, 0.717) is 6.54 Å². The number of hydrogen-bond donors (Lipinski definition) is 2. The van der Waals surface area contributed by atoms with Crippen LogP contribution in [0.5, 0.6) is 0 Å². The van der Waals surface area contributed by atoms with Gasteiger partial charge in [0.05, 0.1) is 6.61 Å². The molecule has 14 heavy (non-hydrogen) atoms. The monoisotopic (exact) mass is 194 g/mol. The molecule has 0 saturated heterocycles. The van der Waals surface area contributed by atoms with E-state index in [0.717, 1.165) is 25.1 Å². The van der Waals surface area contributed by atoms with E-state index in [4.69, 9.17) is 10.6 Å². The highest BCUT2D eigenvalue weighted by Gasteiger charge is 1.92. The maximum absolute atomic E-state index is 5.50. The maximum Gasteiger partial charge on any atom is 0.0679 e. The molecule has 0 unspecified atom stereocenters. The molecule has 0 fully saturated rings. The van der Waals surface area contributed by atoms with Crippen LogP contribution in [0, 0.1) is 0 Å². The van der Waals surface area contributed by atoms with Crippen molar-refractivity contribution in [2.24, 2.45) is 5.73 Å². The second-order valence-electron chi connectivity index (χ2n) is 3.19. The van der Waals surface area contributed by atoms with Crippen LogP contribution in [0.3, 0.4) is 0 Å². The van der Waals surface area contributed by atoms with Gasteiger partial charge in [0.25, 0.3) is 0 Å². The third kappa shape index (κ3) is 3.87. The number of nitrogens with one attached hydrogen (secondary N) is 1. The highest BCUT2D eigenvalue weighted by Crippen LogP contribution is 2.03. The molecular formula is C11H18N2O. The summed E-state index contributed by atoms with van der Waals surface area (Å²) in [6.07, 6.45) is 1.03. The fourth-order valence-corrected chi connectivity index (χ4v) is 1.10. The van der Waals surface area contributed by atoms with Gasteiger partial charge in [-0.1, -0.05) is 31.2 Å². The Hall–Kier alpha value is -0.900. The Balaban J connectivity index is 2.29. The number of hydrogen-bond acceptors (Lipinski definition) is 3. The van der Waals surface area contributed by atoms with Crippen molar-refractivity contribution in [3.63, 3.8) is 0 Å². The largest absolute Gasteiger partial charge is 0.326 e. The van der Waals surface area contributed by atoms with Crippen molar-refractivity contribution >= 4 is 0 Å². The molecule has 1 aromatic carbocycles. The Bertz CT molecular complexity index is 246. The molecule has 1 rings (SSSR count). The lowest BCUT2D eigenvalue weighted by Gasteiger charge is -2.05. The number of nitrogens with two attached hydrogens (primary N) is 1. The summed E-state index contributed by atoms with van der Waals surface area (Å²) in [4.78, 5) is 5.17. The number of benzene rings is 1. The van der Waals surface area contributed by atoms with Gasteiger partial charge in [-0.3, -0.25) is 0 Å². The van der Waals surface area contributed by atoms with Gasteiger partial charge in [-0.15, -0.1) is 0 Å². The average molecular weight is 194 g/mol. The fourth-order valence-electron chi connectivity index (χ4n) is 1.10. The molecule has 3 nitrogen and oxygen atoms in total. The van der Waals surface area contributed by atoms with Crippen LogP contribution in [0.4, 0.5) is 0 Å². The number of hydroxylamine groups is 1. The van der Waals surface area contributed by atoms with E-state index in [1.54, 1.807) is 0 Å². The molecule has 0 atom stereocenters. The van der Waals surface area contributed by atoms with E-state index in [-0.39, 0.29) is 0 Å². The predicted octanol–water partition coefficient (Wildman–Crippen LogP) is 1.58. The first kappa shape index (κ1) is 11.2. The Morgan fingerprint density at radius 3 is 2.43 bits per heavy atom. The van der Waals surface area contributed by atoms with E-state index in [1.807, 2.05) is 12.1 Å². The van der Waals surface area contributed by atoms with E-state index in [9.17, 15) is 0 Å². The Morgan fingerprint density at radius 2 is 1.86 bits per heavy atom. The van der Waals surface area contributed by atoms with Crippen molar-refractivity contribution in [1.82, 2.24) is 5.48 Å². The number of rotatable bonds is 6. The summed E-state index contributed by atoms with van der Waals surface area (Å²) < 4.78 is 0. The minimum atomic E-state index is 0.597. The van der Waals surface area contributed by atoms with Crippen molar-refractivity contribution in [3.8, 4) is 0 Å². The van der Waals surface area contributed by atoms with Crippen molar-refractivity contribution in [1.29, 1.82) is 0 Å². The molecule has 3 N–H and O–H groups in total. The first-order chi connectivity index (χ1) is 6.86. The molecule has 78 valence electrons. The van der Waals surface area contributed by atoms with E-state index < -0.39 is 0 Å². The van der Waals surface area contributed by atoms with Crippen LogP contribution < -0.4 is 11.2 Å². The van der Waals surface area contributed by atoms with Gasteiger partial charge in [-0.2, -0.15) is 5.48 Å². The van der Waals surface area contributed by atoms with Gasteiger partial charge in [0.2, 0.25) is 0 Å². The van der Waals surface area contributed by atoms with E-state index in [2.05, 4.69) is 24.5 Å². The van der Waals surface area contributed by atoms with E-state index >= 15 is 0 Å². The lowest BCUT2D eigenvalue weighted by Crippen LogP contribution is -2.14. The second-order valence-corrected chi connectivity index (χ2v) is 3.19. The molecule has 0 aliphatic heterocycles. The second kappa shape index (κ2) is 6.54. The van der Waals surface area contributed by atoms with Crippen LogP contribution in [-0.2, 0) is 17.9 Å². The van der Waals surface area contributed by atoms with Gasteiger partial charge in [0.15, 0.2) is 0 Å². The van der Waals surface area contributed by atoms with Gasteiger partial charge >= 0.3 is 0 Å². The maximum atomic E-state index is 5.50. The lowest BCUT2D eigenvalue weighted by molar-refractivity contribution is 0.0371. The zero-order valence-electron chi connectivity index (χ0n) is 8.62. The van der Waals surface area contributed by atoms with Gasteiger partial charge in [-0.05, 0) is 17.5 Å². The van der Waals surface area contributed by atoms with E-state index in [1.165, 1.54) is 5.56 Å². The van der Waals surface area contributed by atoms with Gasteiger partial charge in [0, 0.05) is 13.1 Å². The SMILES string of the molecule is CCCONCc1ccc(CN)cc1. The summed E-state index contributed by atoms with van der Waals surface area (Å²) in [6.45, 7) is 4.17. The molecule has 0 bridgehead atoms. The van der Waals surface area contributed by atoms with Crippen molar-refractivity contribution in [2.45, 2.75) is 26.4 Å². The van der Waals surface area contributed by atoms with Crippen molar-refractivity contribution in [3.05, 3.63) is 35.4 Å². The van der Waals surface area contributed by atoms with Gasteiger partial charge in [0.1, 0.15) is 0 Å². The van der Waals surface area contributed by atoms with Crippen LogP contribution in [0.2, 0.25) is 0 Å². The molecule has 0 radical (unpaired) electrons. The Kier molecular flexibility index (Phi) is 5.22. The summed E-state index contributed by atoms with van der Waals surface area (Å²) in [6, 6.07) is 8.20. The van der Waals surface area contributed by atoms with Crippen LogP contribution in [0.1, 0.15) is 24.5 Å². The molecule has 0 spiro atoms. The molecule has 0 aliphatic rings. The summed E-state index contributed by atoms with van der Waals surface area (Å²) in [7, 11) is 0. The summed E-state index contributed by atoms with van der Waals surface area (Å²) in [5, 5.41) is 0. The quantitative estimate of drug-likeness (QED) is 0.534. The van der Waals surface area contributed by atoms with Crippen molar-refractivity contribution in [2.75, 3.05) is 6.61 Å². The standard InChI is InChI=1S/C11H18N2O/c1-2-7-14-13-9-11-5-3-10(8-12)4-6-11/h3-6,13H,2,7-9,12H2,1H3. The lowest BCUT2D eigenvalue weighted by atomic mass is 10.1. The highest BCUT2D eigenvalue weighted by atomic mass is 16.6. The molecular weight excluding hydrogens is 176 g/mol. The first-order valence-corrected chi connectivity index (χ1v) is 4.99. The molecule has 0 aromatic heterocycles. The zero-order chi connectivity index (χ0) is 10.2. The predicted molar refractivity (Wildman–Crippen MR) is 57.4 cm³/mol. The highest BCUT2D eigenvalue weighted by molar-refractivity contribution is 5.21. The molecule has 3 heteroatoms. The Labute approximate surface area is 85.2 Å². The Morgan fingerprint density at radius 1 is 1.21 bits per heavy atom. The molecule has 1 aromatic rings. The average Bonchev–Trinajstić information content (AvgIpc) is 2.25. The normalized spacial score (nSPS) is 10.4. The summed E-state index contributed by atoms with van der Waals surface area (Å²) in [5.74, 6) is 0. The first-order valence-electron chi connectivity index (χ1n) is 4.99. The van der Waals surface area contributed by atoms with Gasteiger partial charge < -0.3 is 10.6 Å². The summed E-state index contributed by atoms with van der Waals surface area (Å²) >= 11 is 0.